The van der Waals surface area contributed by atoms with Gasteiger partial charge in [-0.25, -0.2) is 0 Å². The van der Waals surface area contributed by atoms with Crippen LogP contribution < -0.4 is 5.32 Å². The summed E-state index contributed by atoms with van der Waals surface area (Å²) < 4.78 is 0. The zero-order valence-corrected chi connectivity index (χ0v) is 7.65. The zero-order chi connectivity index (χ0) is 8.84. The molecule has 0 bridgehead atoms. The lowest BCUT2D eigenvalue weighted by atomic mass is 10.0. The minimum atomic E-state index is 0.996. The van der Waals surface area contributed by atoms with Gasteiger partial charge in [0.25, 0.3) is 0 Å². The molecule has 2 heteroatoms. The van der Waals surface area contributed by atoms with Crippen LogP contribution in [-0.2, 0) is 13.1 Å². The Hall–Kier alpha value is -1.28. The summed E-state index contributed by atoms with van der Waals surface area (Å²) in [4.78, 5) is 3.32. The third-order valence-corrected chi connectivity index (χ3v) is 2.72. The molecule has 0 atom stereocenters. The second-order valence-electron chi connectivity index (χ2n) is 3.76. The van der Waals surface area contributed by atoms with Crippen LogP contribution in [0.5, 0.6) is 0 Å². The highest BCUT2D eigenvalue weighted by molar-refractivity contribution is 5.87. The molecule has 1 aromatic carbocycles. The van der Waals surface area contributed by atoms with Gasteiger partial charge in [-0.2, -0.15) is 0 Å². The Labute approximate surface area is 77.0 Å². The third kappa shape index (κ3) is 0.923. The average molecular weight is 172 g/mol. The van der Waals surface area contributed by atoms with Gasteiger partial charge >= 0.3 is 0 Å². The van der Waals surface area contributed by atoms with E-state index in [0.717, 1.165) is 13.1 Å². The molecule has 0 amide bonds. The van der Waals surface area contributed by atoms with Crippen molar-refractivity contribution in [3.63, 3.8) is 0 Å². The molecule has 2 heterocycles. The molecule has 66 valence electrons. The molecule has 2 aromatic rings. The summed E-state index contributed by atoms with van der Waals surface area (Å²) in [6.45, 7) is 4.14. The fraction of sp³-hybridized carbons (Fsp3) is 0.273. The van der Waals surface area contributed by atoms with E-state index in [4.69, 9.17) is 0 Å². The molecule has 0 fully saturated rings. The minimum absolute atomic E-state index is 0.996. The molecule has 3 rings (SSSR count). The van der Waals surface area contributed by atoms with Crippen LogP contribution in [0.2, 0.25) is 0 Å². The van der Waals surface area contributed by atoms with Crippen molar-refractivity contribution in [1.29, 1.82) is 0 Å². The van der Waals surface area contributed by atoms with E-state index in [-0.39, 0.29) is 0 Å². The molecule has 0 saturated carbocycles. The Morgan fingerprint density at radius 1 is 1.15 bits per heavy atom. The highest BCUT2D eigenvalue weighted by atomic mass is 14.9. The maximum Gasteiger partial charge on any atom is 0.0463 e. The molecule has 13 heavy (non-hydrogen) atoms. The third-order valence-electron chi connectivity index (χ3n) is 2.72. The van der Waals surface area contributed by atoms with Crippen LogP contribution in [-0.4, -0.2) is 4.98 Å². The van der Waals surface area contributed by atoms with E-state index in [1.807, 2.05) is 0 Å². The van der Waals surface area contributed by atoms with E-state index >= 15 is 0 Å². The monoisotopic (exact) mass is 172 g/mol. The van der Waals surface area contributed by atoms with Crippen molar-refractivity contribution < 1.29 is 0 Å². The van der Waals surface area contributed by atoms with Crippen LogP contribution in [0.1, 0.15) is 16.7 Å². The van der Waals surface area contributed by atoms with E-state index in [0.29, 0.717) is 0 Å². The number of nitrogens with one attached hydrogen (secondary N) is 2. The molecule has 1 aliphatic rings. The van der Waals surface area contributed by atoms with Crippen LogP contribution in [0.4, 0.5) is 0 Å². The van der Waals surface area contributed by atoms with Gasteiger partial charge in [0.05, 0.1) is 0 Å². The lowest BCUT2D eigenvalue weighted by Crippen LogP contribution is -2.17. The molecule has 2 nitrogen and oxygen atoms in total. The fourth-order valence-electron chi connectivity index (χ4n) is 2.20. The Bertz CT molecular complexity index is 468. The van der Waals surface area contributed by atoms with Crippen molar-refractivity contribution in [2.75, 3.05) is 0 Å². The fourth-order valence-corrected chi connectivity index (χ4v) is 2.20. The van der Waals surface area contributed by atoms with Gasteiger partial charge < -0.3 is 10.3 Å². The maximum absolute atomic E-state index is 3.39. The van der Waals surface area contributed by atoms with Gasteiger partial charge in [-0.3, -0.25) is 0 Å². The smallest absolute Gasteiger partial charge is 0.0463 e. The van der Waals surface area contributed by atoms with Gasteiger partial charge in [-0.1, -0.05) is 6.07 Å². The van der Waals surface area contributed by atoms with Crippen LogP contribution in [0.3, 0.4) is 0 Å². The second kappa shape index (κ2) is 2.36. The summed E-state index contributed by atoms with van der Waals surface area (Å²) >= 11 is 0. The van der Waals surface area contributed by atoms with Crippen LogP contribution in [0.25, 0.3) is 10.9 Å². The first-order valence-corrected chi connectivity index (χ1v) is 4.65. The van der Waals surface area contributed by atoms with Gasteiger partial charge in [0.1, 0.15) is 0 Å². The summed E-state index contributed by atoms with van der Waals surface area (Å²) in [6.07, 6.45) is 2.11. The van der Waals surface area contributed by atoms with E-state index < -0.39 is 0 Å². The van der Waals surface area contributed by atoms with Crippen LogP contribution in [0, 0.1) is 6.92 Å². The van der Waals surface area contributed by atoms with E-state index in [1.54, 1.807) is 0 Å². The Balaban J connectivity index is 2.47. The molecule has 1 aromatic heterocycles. The van der Waals surface area contributed by atoms with Crippen molar-refractivity contribution in [1.82, 2.24) is 10.3 Å². The molecular formula is C11H12N2. The molecule has 0 aliphatic carbocycles. The molecule has 0 unspecified atom stereocenters. The average Bonchev–Trinajstić information content (AvgIpc) is 2.50. The number of benzene rings is 1. The van der Waals surface area contributed by atoms with Crippen molar-refractivity contribution in [2.24, 2.45) is 0 Å². The largest absolute Gasteiger partial charge is 0.361 e. The number of aromatic amines is 1. The molecule has 0 radical (unpaired) electrons. The van der Waals surface area contributed by atoms with Crippen molar-refractivity contribution >= 4 is 10.9 Å². The van der Waals surface area contributed by atoms with Crippen molar-refractivity contribution in [2.45, 2.75) is 20.0 Å². The van der Waals surface area contributed by atoms with Gasteiger partial charge in [0.15, 0.2) is 0 Å². The quantitative estimate of drug-likeness (QED) is 0.625. The van der Waals surface area contributed by atoms with E-state index in [2.05, 4.69) is 35.6 Å². The molecule has 1 aliphatic heterocycles. The Morgan fingerprint density at radius 2 is 2.00 bits per heavy atom. The zero-order valence-electron chi connectivity index (χ0n) is 7.65. The van der Waals surface area contributed by atoms with Gasteiger partial charge in [-0.05, 0) is 29.7 Å². The maximum atomic E-state index is 3.39. The minimum Gasteiger partial charge on any atom is -0.361 e. The first kappa shape index (κ1) is 7.15. The first-order valence-electron chi connectivity index (χ1n) is 4.65. The summed E-state index contributed by atoms with van der Waals surface area (Å²) in [5.74, 6) is 0. The summed E-state index contributed by atoms with van der Waals surface area (Å²) in [6, 6.07) is 4.49. The topological polar surface area (TPSA) is 27.8 Å². The lowest BCUT2D eigenvalue weighted by molar-refractivity contribution is 0.684. The summed E-state index contributed by atoms with van der Waals surface area (Å²) in [5.41, 5.74) is 5.44. The predicted octanol–water partition coefficient (Wildman–Crippen LogP) is 2.08. The molecule has 0 spiro atoms. The van der Waals surface area contributed by atoms with E-state index in [9.17, 15) is 0 Å². The molecular weight excluding hydrogens is 160 g/mol. The normalized spacial score (nSPS) is 15.2. The number of H-pyrrole nitrogens is 1. The molecule has 0 saturated heterocycles. The van der Waals surface area contributed by atoms with Crippen LogP contribution >= 0.6 is 0 Å². The van der Waals surface area contributed by atoms with Gasteiger partial charge in [0.2, 0.25) is 0 Å². The SMILES string of the molecule is Cc1cc2c3c(c[nH]c3c1)CNC2. The van der Waals surface area contributed by atoms with Crippen molar-refractivity contribution in [3.05, 3.63) is 35.0 Å². The van der Waals surface area contributed by atoms with E-state index in [1.165, 1.54) is 27.6 Å². The number of aromatic nitrogens is 1. The summed E-state index contributed by atoms with van der Waals surface area (Å²) in [7, 11) is 0. The van der Waals surface area contributed by atoms with Crippen molar-refractivity contribution in [3.8, 4) is 0 Å². The van der Waals surface area contributed by atoms with Gasteiger partial charge in [-0.15, -0.1) is 0 Å². The first-order chi connectivity index (χ1) is 6.34. The predicted molar refractivity (Wildman–Crippen MR) is 53.6 cm³/mol. The Kier molecular flexibility index (Phi) is 1.30. The van der Waals surface area contributed by atoms with Crippen LogP contribution in [0.15, 0.2) is 18.3 Å². The highest BCUT2D eigenvalue weighted by Crippen LogP contribution is 2.26. The van der Waals surface area contributed by atoms with Gasteiger partial charge in [0, 0.05) is 30.2 Å². The number of hydrogen-bond donors (Lipinski definition) is 2. The Morgan fingerprint density at radius 3 is 2.92 bits per heavy atom. The number of rotatable bonds is 0. The number of hydrogen-bond acceptors (Lipinski definition) is 1. The molecule has 2 N–H and O–H groups in total. The highest BCUT2D eigenvalue weighted by Gasteiger charge is 2.13. The standard InChI is InChI=1S/C11H12N2/c1-7-2-8-4-12-5-9-6-13-10(3-7)11(8)9/h2-3,6,12-13H,4-5H2,1H3. The number of aryl methyl sites for hydroxylation is 1. The second-order valence-corrected chi connectivity index (χ2v) is 3.76. The lowest BCUT2D eigenvalue weighted by Gasteiger charge is -2.14. The summed E-state index contributed by atoms with van der Waals surface area (Å²) in [5, 5.41) is 4.83.